The highest BCUT2D eigenvalue weighted by atomic mass is 19.4. The first kappa shape index (κ1) is 21.1. The molecule has 0 aliphatic carbocycles. The van der Waals surface area contributed by atoms with E-state index in [1.54, 1.807) is 24.3 Å². The fourth-order valence-corrected chi connectivity index (χ4v) is 3.77. The summed E-state index contributed by atoms with van der Waals surface area (Å²) >= 11 is 0. The van der Waals surface area contributed by atoms with E-state index in [1.807, 2.05) is 30.3 Å². The van der Waals surface area contributed by atoms with Gasteiger partial charge in [-0.25, -0.2) is 4.68 Å². The Hall–Kier alpha value is -3.13. The number of alkyl halides is 3. The van der Waals surface area contributed by atoms with Gasteiger partial charge in [0.15, 0.2) is 5.69 Å². The van der Waals surface area contributed by atoms with Crippen molar-refractivity contribution in [2.24, 2.45) is 5.92 Å². The monoisotopic (exact) mass is 429 g/mol. The van der Waals surface area contributed by atoms with Crippen LogP contribution in [0.3, 0.4) is 0 Å². The van der Waals surface area contributed by atoms with Gasteiger partial charge in [0.1, 0.15) is 0 Å². The first-order chi connectivity index (χ1) is 14.9. The van der Waals surface area contributed by atoms with Crippen molar-refractivity contribution < 1.29 is 22.7 Å². The molecule has 1 aliphatic rings. The van der Waals surface area contributed by atoms with Crippen LogP contribution in [0.2, 0.25) is 0 Å². The molecule has 3 aromatic rings. The Morgan fingerprint density at radius 2 is 1.84 bits per heavy atom. The third-order valence-electron chi connectivity index (χ3n) is 5.37. The summed E-state index contributed by atoms with van der Waals surface area (Å²) in [7, 11) is 0. The van der Waals surface area contributed by atoms with Gasteiger partial charge in [0.2, 0.25) is 0 Å². The Morgan fingerprint density at radius 1 is 1.10 bits per heavy atom. The van der Waals surface area contributed by atoms with E-state index < -0.39 is 11.9 Å². The standard InChI is InChI=1S/C23H22F3N3O2/c24-23(25,26)20-12-13-29(28-20)19-10-8-17(9-11-19)22(30)27-15-18-7-4-14-31-21(18)16-5-2-1-3-6-16/h1-3,5-6,8-13,18,21H,4,7,14-15H2,(H,27,30). The molecule has 31 heavy (non-hydrogen) atoms. The van der Waals surface area contributed by atoms with Crippen molar-refractivity contribution in [3.8, 4) is 5.69 Å². The number of amides is 1. The second-order valence-electron chi connectivity index (χ2n) is 7.50. The van der Waals surface area contributed by atoms with Crippen LogP contribution >= 0.6 is 0 Å². The SMILES string of the molecule is O=C(NCC1CCCOC1c1ccccc1)c1ccc(-n2ccc(C(F)(F)F)n2)cc1. The number of halogens is 3. The lowest BCUT2D eigenvalue weighted by Gasteiger charge is -2.32. The zero-order chi connectivity index (χ0) is 21.8. The number of ether oxygens (including phenoxy) is 1. The van der Waals surface area contributed by atoms with E-state index in [1.165, 1.54) is 6.20 Å². The van der Waals surface area contributed by atoms with Gasteiger partial charge in [-0.2, -0.15) is 18.3 Å². The minimum Gasteiger partial charge on any atom is -0.373 e. The summed E-state index contributed by atoms with van der Waals surface area (Å²) in [6.07, 6.45) is -1.40. The first-order valence-corrected chi connectivity index (χ1v) is 10.1. The van der Waals surface area contributed by atoms with E-state index >= 15 is 0 Å². The van der Waals surface area contributed by atoms with Crippen LogP contribution in [-0.2, 0) is 10.9 Å². The molecule has 1 amide bonds. The van der Waals surface area contributed by atoms with Crippen LogP contribution < -0.4 is 5.32 Å². The quantitative estimate of drug-likeness (QED) is 0.635. The van der Waals surface area contributed by atoms with Crippen LogP contribution in [0.5, 0.6) is 0 Å². The number of carbonyl (C=O) groups is 1. The van der Waals surface area contributed by atoms with Gasteiger partial charge < -0.3 is 10.1 Å². The Bertz CT molecular complexity index is 1020. The van der Waals surface area contributed by atoms with Crippen molar-refractivity contribution >= 4 is 5.91 Å². The molecule has 0 radical (unpaired) electrons. The lowest BCUT2D eigenvalue weighted by molar-refractivity contribution is -0.141. The Balaban J connectivity index is 1.39. The molecule has 0 spiro atoms. The van der Waals surface area contributed by atoms with E-state index in [9.17, 15) is 18.0 Å². The van der Waals surface area contributed by atoms with E-state index in [0.717, 1.165) is 29.2 Å². The summed E-state index contributed by atoms with van der Waals surface area (Å²) in [5.74, 6) is -0.0652. The zero-order valence-electron chi connectivity index (χ0n) is 16.7. The zero-order valence-corrected chi connectivity index (χ0v) is 16.7. The normalized spacial score (nSPS) is 19.2. The van der Waals surface area contributed by atoms with E-state index in [0.29, 0.717) is 24.4 Å². The fourth-order valence-electron chi connectivity index (χ4n) is 3.77. The molecule has 1 N–H and O–H groups in total. The molecule has 1 aliphatic heterocycles. The fraction of sp³-hybridized carbons (Fsp3) is 0.304. The number of hydrogen-bond acceptors (Lipinski definition) is 3. The van der Waals surface area contributed by atoms with Crippen molar-refractivity contribution in [2.45, 2.75) is 25.1 Å². The molecule has 5 nitrogen and oxygen atoms in total. The maximum atomic E-state index is 12.7. The molecule has 162 valence electrons. The van der Waals surface area contributed by atoms with Crippen molar-refractivity contribution in [1.29, 1.82) is 0 Å². The molecule has 4 rings (SSSR count). The lowest BCUT2D eigenvalue weighted by atomic mass is 9.89. The molecule has 1 aromatic heterocycles. The lowest BCUT2D eigenvalue weighted by Crippen LogP contribution is -2.35. The van der Waals surface area contributed by atoms with Gasteiger partial charge in [-0.1, -0.05) is 30.3 Å². The Labute approximate surface area is 177 Å². The van der Waals surface area contributed by atoms with E-state index in [2.05, 4.69) is 10.4 Å². The molecular formula is C23H22F3N3O2. The van der Waals surface area contributed by atoms with Gasteiger partial charge in [-0.15, -0.1) is 0 Å². The summed E-state index contributed by atoms with van der Waals surface area (Å²) < 4.78 is 45.3. The second kappa shape index (κ2) is 8.93. The van der Waals surface area contributed by atoms with Crippen LogP contribution in [0.4, 0.5) is 13.2 Å². The van der Waals surface area contributed by atoms with Crippen molar-refractivity contribution in [1.82, 2.24) is 15.1 Å². The summed E-state index contributed by atoms with van der Waals surface area (Å²) in [4.78, 5) is 12.6. The highest BCUT2D eigenvalue weighted by molar-refractivity contribution is 5.94. The number of benzene rings is 2. The average Bonchev–Trinajstić information content (AvgIpc) is 3.29. The summed E-state index contributed by atoms with van der Waals surface area (Å²) in [5, 5.41) is 6.50. The van der Waals surface area contributed by atoms with Crippen LogP contribution in [0.15, 0.2) is 66.9 Å². The summed E-state index contributed by atoms with van der Waals surface area (Å²) in [5.41, 5.74) is 1.01. The Kier molecular flexibility index (Phi) is 6.08. The molecule has 2 unspecified atom stereocenters. The minimum atomic E-state index is -4.49. The van der Waals surface area contributed by atoms with Crippen LogP contribution in [0.1, 0.15) is 40.6 Å². The number of carbonyl (C=O) groups excluding carboxylic acids is 1. The first-order valence-electron chi connectivity index (χ1n) is 10.1. The number of nitrogens with one attached hydrogen (secondary N) is 1. The predicted molar refractivity (Wildman–Crippen MR) is 109 cm³/mol. The third-order valence-corrected chi connectivity index (χ3v) is 5.37. The van der Waals surface area contributed by atoms with Crippen LogP contribution in [0.25, 0.3) is 5.69 Å². The molecule has 2 aromatic carbocycles. The topological polar surface area (TPSA) is 56.1 Å². The van der Waals surface area contributed by atoms with Crippen molar-refractivity contribution in [3.63, 3.8) is 0 Å². The van der Waals surface area contributed by atoms with Gasteiger partial charge in [0.25, 0.3) is 5.91 Å². The number of hydrogen-bond donors (Lipinski definition) is 1. The van der Waals surface area contributed by atoms with Gasteiger partial charge >= 0.3 is 6.18 Å². The molecule has 2 heterocycles. The molecular weight excluding hydrogens is 407 g/mol. The number of rotatable bonds is 5. The molecule has 0 bridgehead atoms. The maximum absolute atomic E-state index is 12.7. The van der Waals surface area contributed by atoms with Gasteiger partial charge in [-0.3, -0.25) is 4.79 Å². The van der Waals surface area contributed by atoms with Gasteiger partial charge in [0.05, 0.1) is 11.8 Å². The minimum absolute atomic E-state index is 0.0553. The van der Waals surface area contributed by atoms with Crippen molar-refractivity contribution in [3.05, 3.63) is 83.7 Å². The second-order valence-corrected chi connectivity index (χ2v) is 7.50. The smallest absolute Gasteiger partial charge is 0.373 e. The average molecular weight is 429 g/mol. The maximum Gasteiger partial charge on any atom is 0.435 e. The van der Waals surface area contributed by atoms with Crippen molar-refractivity contribution in [2.75, 3.05) is 13.2 Å². The number of aromatic nitrogens is 2. The van der Waals surface area contributed by atoms with Gasteiger partial charge in [0, 0.05) is 30.8 Å². The number of nitrogens with zero attached hydrogens (tertiary/aromatic N) is 2. The molecule has 1 fully saturated rings. The molecule has 0 saturated carbocycles. The largest absolute Gasteiger partial charge is 0.435 e. The van der Waals surface area contributed by atoms with E-state index in [4.69, 9.17) is 4.74 Å². The van der Waals surface area contributed by atoms with Gasteiger partial charge in [-0.05, 0) is 48.7 Å². The molecule has 1 saturated heterocycles. The highest BCUT2D eigenvalue weighted by Gasteiger charge is 2.33. The van der Waals surface area contributed by atoms with E-state index in [-0.39, 0.29) is 17.9 Å². The summed E-state index contributed by atoms with van der Waals surface area (Å²) in [6.45, 7) is 1.18. The predicted octanol–water partition coefficient (Wildman–Crippen LogP) is 4.79. The summed E-state index contributed by atoms with van der Waals surface area (Å²) in [6, 6.07) is 17.2. The Morgan fingerprint density at radius 3 is 2.52 bits per heavy atom. The molecule has 8 heteroatoms. The van der Waals surface area contributed by atoms with Crippen LogP contribution in [-0.4, -0.2) is 28.8 Å². The third kappa shape index (κ3) is 4.96. The van der Waals surface area contributed by atoms with Crippen LogP contribution in [0, 0.1) is 5.92 Å². The highest BCUT2D eigenvalue weighted by Crippen LogP contribution is 2.33. The molecule has 2 atom stereocenters.